The van der Waals surface area contributed by atoms with Crippen LogP contribution in [0.2, 0.25) is 0 Å². The molecular weight excluding hydrogens is 704 g/mol. The Morgan fingerprint density at radius 2 is 1.49 bits per heavy atom. The Hall–Kier alpha value is -5.22. The van der Waals surface area contributed by atoms with E-state index in [0.29, 0.717) is 29.8 Å². The van der Waals surface area contributed by atoms with Gasteiger partial charge >= 0.3 is 6.18 Å². The summed E-state index contributed by atoms with van der Waals surface area (Å²) in [7, 11) is 3.34. The average molecular weight is 754 g/mol. The van der Waals surface area contributed by atoms with Gasteiger partial charge < -0.3 is 24.6 Å². The van der Waals surface area contributed by atoms with Gasteiger partial charge in [-0.1, -0.05) is 44.9 Å². The molecular formula is C45H50F3N3O4. The first kappa shape index (κ1) is 39.5. The lowest BCUT2D eigenvalue weighted by molar-refractivity contribution is -0.137. The molecule has 0 bridgehead atoms. The molecule has 10 heteroatoms. The minimum absolute atomic E-state index is 0.0913. The lowest BCUT2D eigenvalue weighted by Gasteiger charge is -2.40. The van der Waals surface area contributed by atoms with Gasteiger partial charge in [-0.3, -0.25) is 9.88 Å². The molecule has 7 nitrogen and oxygen atoms in total. The van der Waals surface area contributed by atoms with Gasteiger partial charge in [0.05, 0.1) is 25.5 Å². The maximum Gasteiger partial charge on any atom is 0.416 e. The topological polar surface area (TPSA) is 78.3 Å². The number of alkyl halides is 3. The first-order valence-electron chi connectivity index (χ1n) is 19.0. The van der Waals surface area contributed by atoms with E-state index in [9.17, 15) is 23.4 Å². The quantitative estimate of drug-likeness (QED) is 0.109. The SMILES string of the molecule is CCCc1cc(-c2cc(CN(c3ccc(C(F)(F)F)cc3)C3CCN(Cc4cccc(-c5cc(CCC)c(OC)c(OC)c5)c4)CC3)ccn2)cc(O)c1O. The zero-order valence-corrected chi connectivity index (χ0v) is 32.0. The van der Waals surface area contributed by atoms with Crippen LogP contribution in [-0.2, 0) is 32.1 Å². The number of halogens is 3. The van der Waals surface area contributed by atoms with Crippen molar-refractivity contribution in [1.82, 2.24) is 9.88 Å². The van der Waals surface area contributed by atoms with Crippen LogP contribution in [0, 0.1) is 0 Å². The Morgan fingerprint density at radius 1 is 0.782 bits per heavy atom. The van der Waals surface area contributed by atoms with Gasteiger partial charge in [-0.2, -0.15) is 13.2 Å². The van der Waals surface area contributed by atoms with Gasteiger partial charge in [0.25, 0.3) is 0 Å². The van der Waals surface area contributed by atoms with E-state index in [4.69, 9.17) is 9.47 Å². The summed E-state index contributed by atoms with van der Waals surface area (Å²) in [5, 5.41) is 20.8. The van der Waals surface area contributed by atoms with Crippen molar-refractivity contribution in [2.24, 2.45) is 0 Å². The van der Waals surface area contributed by atoms with E-state index in [-0.39, 0.29) is 17.5 Å². The molecule has 0 saturated carbocycles. The standard InChI is InChI=1S/C45H50F3N3O4/c1-5-8-33-24-36(26-41(52)43(33)53)40-23-31(16-19-49-40)29-51(38-14-12-37(13-15-38)45(46,47)48)39-17-20-50(21-18-39)28-30-10-7-11-32(22-30)35-25-34(9-6-2)44(55-4)42(27-35)54-3/h7,10-16,19,22-27,39,52-53H,5-6,8-9,17-18,20-21,28-29H2,1-4H3. The fraction of sp³-hybridized carbons (Fsp3) is 0.356. The lowest BCUT2D eigenvalue weighted by Crippen LogP contribution is -2.44. The predicted octanol–water partition coefficient (Wildman–Crippen LogP) is 10.4. The molecule has 2 heterocycles. The van der Waals surface area contributed by atoms with E-state index >= 15 is 0 Å². The molecule has 0 spiro atoms. The third kappa shape index (κ3) is 9.36. The van der Waals surface area contributed by atoms with Gasteiger partial charge in [0.1, 0.15) is 0 Å². The Balaban J connectivity index is 1.21. The van der Waals surface area contributed by atoms with Crippen LogP contribution in [0.25, 0.3) is 22.4 Å². The Kier molecular flexibility index (Phi) is 12.6. The molecule has 55 heavy (non-hydrogen) atoms. The summed E-state index contributed by atoms with van der Waals surface area (Å²) in [6.07, 6.45) is 2.24. The summed E-state index contributed by atoms with van der Waals surface area (Å²) < 4.78 is 52.0. The summed E-state index contributed by atoms with van der Waals surface area (Å²) in [6.45, 7) is 7.06. The molecule has 0 amide bonds. The van der Waals surface area contributed by atoms with Crippen molar-refractivity contribution in [1.29, 1.82) is 0 Å². The van der Waals surface area contributed by atoms with Crippen LogP contribution in [-0.4, -0.2) is 53.4 Å². The number of hydrogen-bond acceptors (Lipinski definition) is 7. The second kappa shape index (κ2) is 17.5. The van der Waals surface area contributed by atoms with Crippen molar-refractivity contribution >= 4 is 5.69 Å². The molecule has 1 fully saturated rings. The molecule has 2 N–H and O–H groups in total. The lowest BCUT2D eigenvalue weighted by atomic mass is 9.97. The highest BCUT2D eigenvalue weighted by Crippen LogP contribution is 2.39. The van der Waals surface area contributed by atoms with Crippen LogP contribution in [0.3, 0.4) is 0 Å². The van der Waals surface area contributed by atoms with E-state index in [0.717, 1.165) is 103 Å². The van der Waals surface area contributed by atoms with Crippen molar-refractivity contribution in [2.45, 2.75) is 77.7 Å². The molecule has 5 aromatic rings. The number of anilines is 1. The van der Waals surface area contributed by atoms with E-state index in [1.54, 1.807) is 32.5 Å². The fourth-order valence-electron chi connectivity index (χ4n) is 7.65. The minimum atomic E-state index is -4.42. The Morgan fingerprint density at radius 3 is 2.16 bits per heavy atom. The molecule has 0 radical (unpaired) electrons. The van der Waals surface area contributed by atoms with Gasteiger partial charge in [-0.25, -0.2) is 0 Å². The summed E-state index contributed by atoms with van der Waals surface area (Å²) in [5.74, 6) is 1.19. The Bertz CT molecular complexity index is 2060. The van der Waals surface area contributed by atoms with E-state index < -0.39 is 11.7 Å². The number of hydrogen-bond donors (Lipinski definition) is 2. The van der Waals surface area contributed by atoms with Crippen molar-refractivity contribution < 1.29 is 32.9 Å². The number of phenols is 2. The van der Waals surface area contributed by atoms with Crippen molar-refractivity contribution in [3.05, 3.63) is 119 Å². The number of aromatic nitrogens is 1. The van der Waals surface area contributed by atoms with Crippen molar-refractivity contribution in [3.8, 4) is 45.4 Å². The number of methoxy groups -OCH3 is 2. The number of likely N-dealkylation sites (tertiary alicyclic amines) is 1. The molecule has 0 atom stereocenters. The largest absolute Gasteiger partial charge is 0.504 e. The number of pyridine rings is 1. The summed E-state index contributed by atoms with van der Waals surface area (Å²) in [5.41, 5.74) is 7.48. The van der Waals surface area contributed by atoms with Gasteiger partial charge in [0, 0.05) is 49.7 Å². The van der Waals surface area contributed by atoms with Crippen LogP contribution < -0.4 is 14.4 Å². The highest BCUT2D eigenvalue weighted by atomic mass is 19.4. The fourth-order valence-corrected chi connectivity index (χ4v) is 7.65. The second-order valence-corrected chi connectivity index (χ2v) is 14.3. The number of aromatic hydroxyl groups is 2. The van der Waals surface area contributed by atoms with Crippen LogP contribution in [0.4, 0.5) is 18.9 Å². The minimum Gasteiger partial charge on any atom is -0.504 e. The number of aryl methyl sites for hydroxylation is 2. The summed E-state index contributed by atoms with van der Waals surface area (Å²) in [4.78, 5) is 9.21. The molecule has 290 valence electrons. The predicted molar refractivity (Wildman–Crippen MR) is 212 cm³/mol. The molecule has 0 aliphatic carbocycles. The second-order valence-electron chi connectivity index (χ2n) is 14.3. The summed E-state index contributed by atoms with van der Waals surface area (Å²) >= 11 is 0. The number of phenolic OH excluding ortho intramolecular Hbond substituents is 2. The number of nitrogens with zero attached hydrogens (tertiary/aromatic N) is 3. The van der Waals surface area contributed by atoms with Gasteiger partial charge in [0.2, 0.25) is 0 Å². The number of piperidine rings is 1. The molecule has 6 rings (SSSR count). The first-order valence-corrected chi connectivity index (χ1v) is 19.0. The normalized spacial score (nSPS) is 13.9. The maximum absolute atomic E-state index is 13.5. The third-order valence-corrected chi connectivity index (χ3v) is 10.4. The smallest absolute Gasteiger partial charge is 0.416 e. The van der Waals surface area contributed by atoms with E-state index in [1.165, 1.54) is 11.6 Å². The monoisotopic (exact) mass is 753 g/mol. The zero-order chi connectivity index (χ0) is 39.1. The average Bonchev–Trinajstić information content (AvgIpc) is 3.19. The van der Waals surface area contributed by atoms with Crippen LogP contribution >= 0.6 is 0 Å². The zero-order valence-electron chi connectivity index (χ0n) is 32.0. The van der Waals surface area contributed by atoms with Crippen LogP contribution in [0.15, 0.2) is 91.1 Å². The molecule has 1 aliphatic rings. The van der Waals surface area contributed by atoms with Gasteiger partial charge in [-0.05, 0) is 126 Å². The summed E-state index contributed by atoms with van der Waals surface area (Å²) in [6, 6.07) is 25.6. The van der Waals surface area contributed by atoms with Crippen LogP contribution in [0.1, 0.15) is 67.3 Å². The van der Waals surface area contributed by atoms with E-state index in [1.807, 2.05) is 31.2 Å². The number of rotatable bonds is 14. The highest BCUT2D eigenvalue weighted by molar-refractivity contribution is 5.70. The van der Waals surface area contributed by atoms with Crippen molar-refractivity contribution in [3.63, 3.8) is 0 Å². The van der Waals surface area contributed by atoms with Crippen molar-refractivity contribution in [2.75, 3.05) is 32.2 Å². The third-order valence-electron chi connectivity index (χ3n) is 10.4. The highest BCUT2D eigenvalue weighted by Gasteiger charge is 2.31. The molecule has 4 aromatic carbocycles. The maximum atomic E-state index is 13.5. The molecule has 1 aliphatic heterocycles. The van der Waals surface area contributed by atoms with E-state index in [2.05, 4.69) is 52.0 Å². The number of benzene rings is 4. The molecule has 1 saturated heterocycles. The molecule has 0 unspecified atom stereocenters. The molecule has 1 aromatic heterocycles. The van der Waals surface area contributed by atoms with Gasteiger partial charge in [-0.15, -0.1) is 0 Å². The number of ether oxygens (including phenoxy) is 2. The Labute approximate surface area is 322 Å². The van der Waals surface area contributed by atoms with Crippen LogP contribution in [0.5, 0.6) is 23.0 Å². The van der Waals surface area contributed by atoms with Gasteiger partial charge in [0.15, 0.2) is 23.0 Å². The first-order chi connectivity index (χ1) is 26.5.